The van der Waals surface area contributed by atoms with Crippen LogP contribution in [0.5, 0.6) is 5.75 Å². The van der Waals surface area contributed by atoms with Crippen molar-refractivity contribution in [2.75, 3.05) is 23.4 Å². The number of amides is 3. The summed E-state index contributed by atoms with van der Waals surface area (Å²) in [5.41, 5.74) is 1.64. The predicted molar refractivity (Wildman–Crippen MR) is 171 cm³/mol. The van der Waals surface area contributed by atoms with Crippen molar-refractivity contribution in [2.45, 2.75) is 64.5 Å². The number of nitrogens with zero attached hydrogens (tertiary/aromatic N) is 3. The Morgan fingerprint density at radius 3 is 2.62 bits per heavy atom. The molecule has 1 aliphatic heterocycles. The van der Waals surface area contributed by atoms with Gasteiger partial charge in [-0.25, -0.2) is 19.6 Å². The fraction of sp³-hybridized carbons (Fsp3) is 0.353. The number of aryl methyl sites for hydroxylation is 1. The predicted octanol–water partition coefficient (Wildman–Crippen LogP) is 7.41. The number of benzene rings is 2. The Morgan fingerprint density at radius 2 is 1.92 bits per heavy atom. The molecule has 1 aliphatic rings. The van der Waals surface area contributed by atoms with Crippen molar-refractivity contribution in [1.82, 2.24) is 15.3 Å². The van der Waals surface area contributed by atoms with Crippen LogP contribution in [-0.2, 0) is 17.3 Å². The maximum atomic E-state index is 14.1. The molecule has 0 aliphatic carbocycles. The highest BCUT2D eigenvalue weighted by atomic mass is 19.4. The summed E-state index contributed by atoms with van der Waals surface area (Å²) < 4.78 is 56.6. The molecule has 2 aromatic carbocycles. The molecule has 48 heavy (non-hydrogen) atoms. The van der Waals surface area contributed by atoms with Gasteiger partial charge in [0, 0.05) is 37.2 Å². The molecule has 4 aromatic rings. The molecule has 3 amide bonds. The number of pyridine rings is 1. The number of carbonyl (C=O) groups is 2. The summed E-state index contributed by atoms with van der Waals surface area (Å²) in [5.74, 6) is -0.593. The number of aromatic nitrogens is 2. The van der Waals surface area contributed by atoms with E-state index in [2.05, 4.69) is 20.6 Å². The number of urea groups is 1. The zero-order valence-corrected chi connectivity index (χ0v) is 26.6. The Bertz CT molecular complexity index is 1740. The zero-order valence-electron chi connectivity index (χ0n) is 26.6. The average molecular weight is 668 g/mol. The van der Waals surface area contributed by atoms with Gasteiger partial charge in [-0.3, -0.25) is 4.90 Å². The lowest BCUT2D eigenvalue weighted by atomic mass is 10.0. The Labute approximate surface area is 275 Å². The van der Waals surface area contributed by atoms with Crippen LogP contribution >= 0.6 is 0 Å². The maximum Gasteiger partial charge on any atom is 0.416 e. The molecule has 254 valence electrons. The molecule has 0 bridgehead atoms. The minimum atomic E-state index is -4.52. The fourth-order valence-corrected chi connectivity index (χ4v) is 5.32. The summed E-state index contributed by atoms with van der Waals surface area (Å²) in [4.78, 5) is 36.1. The van der Waals surface area contributed by atoms with Gasteiger partial charge in [0.15, 0.2) is 23.7 Å². The van der Waals surface area contributed by atoms with Crippen molar-refractivity contribution >= 4 is 23.6 Å². The second-order valence-corrected chi connectivity index (χ2v) is 11.8. The lowest BCUT2D eigenvalue weighted by Crippen LogP contribution is -2.49. The first-order valence-corrected chi connectivity index (χ1v) is 15.4. The molecule has 5 rings (SSSR count). The van der Waals surface area contributed by atoms with Gasteiger partial charge in [0.25, 0.3) is 0 Å². The van der Waals surface area contributed by atoms with E-state index in [0.29, 0.717) is 42.0 Å². The number of alkyl halides is 3. The summed E-state index contributed by atoms with van der Waals surface area (Å²) in [7, 11) is 0. The summed E-state index contributed by atoms with van der Waals surface area (Å²) in [6.07, 6.45) is -0.0650. The Hall–Kier alpha value is -5.11. The van der Waals surface area contributed by atoms with Crippen LogP contribution in [-0.4, -0.2) is 52.2 Å². The summed E-state index contributed by atoms with van der Waals surface area (Å²) >= 11 is 0. The van der Waals surface area contributed by atoms with Gasteiger partial charge in [-0.2, -0.15) is 13.2 Å². The number of ether oxygens (including phenoxy) is 2. The Kier molecular flexibility index (Phi) is 10.2. The molecule has 0 fully saturated rings. The molecule has 0 saturated heterocycles. The third kappa shape index (κ3) is 8.62. The number of alkyl carbamates (subject to hydrolysis) is 1. The van der Waals surface area contributed by atoms with Gasteiger partial charge in [-0.15, -0.1) is 0 Å². The van der Waals surface area contributed by atoms with E-state index in [1.54, 1.807) is 30.5 Å². The molecular weight excluding hydrogens is 631 g/mol. The van der Waals surface area contributed by atoms with Crippen molar-refractivity contribution in [2.24, 2.45) is 0 Å². The quantitative estimate of drug-likeness (QED) is 0.117. The van der Waals surface area contributed by atoms with Crippen LogP contribution in [0.25, 0.3) is 22.6 Å². The Balaban J connectivity index is 1.41. The molecule has 0 unspecified atom stereocenters. The van der Waals surface area contributed by atoms with Crippen molar-refractivity contribution in [3.05, 3.63) is 78.3 Å². The van der Waals surface area contributed by atoms with Crippen molar-refractivity contribution < 1.29 is 41.8 Å². The first-order chi connectivity index (χ1) is 22.8. The number of carbonyl (C=O) groups excluding carboxylic acids is 2. The molecule has 3 N–H and O–H groups in total. The standard InChI is InChI=1S/C34H36F3N5O6/c1-4-7-26-19-46-28-12-11-27(22-9-5-10-24(16-22)34(35,36)37)41-30(28)42(26)31(43)40-25-15-21(14-23(17-25)29-18-38-20-47-29)8-6-13-39-32(44)48-33(2,3)45/h5,9-12,14-18,20,26,45H,4,6-8,13,19H2,1-3H3,(H,39,44)(H,40,43)/t26-/m0/s1. The number of aliphatic hydroxyl groups is 1. The Morgan fingerprint density at radius 1 is 1.10 bits per heavy atom. The summed E-state index contributed by atoms with van der Waals surface area (Å²) in [6.45, 7) is 5.16. The molecule has 11 nitrogen and oxygen atoms in total. The normalized spacial score (nSPS) is 14.6. The molecule has 0 radical (unpaired) electrons. The number of oxazole rings is 1. The highest BCUT2D eigenvalue weighted by molar-refractivity contribution is 6.03. The molecular formula is C34H36F3N5O6. The van der Waals surface area contributed by atoms with E-state index < -0.39 is 35.7 Å². The van der Waals surface area contributed by atoms with E-state index >= 15 is 0 Å². The van der Waals surface area contributed by atoms with Crippen LogP contribution in [0.4, 0.5) is 34.3 Å². The van der Waals surface area contributed by atoms with Gasteiger partial charge in [0.1, 0.15) is 6.61 Å². The van der Waals surface area contributed by atoms with E-state index in [-0.39, 0.29) is 30.2 Å². The van der Waals surface area contributed by atoms with Crippen LogP contribution in [0.2, 0.25) is 0 Å². The smallest absolute Gasteiger partial charge is 0.416 e. The van der Waals surface area contributed by atoms with Crippen molar-refractivity contribution in [3.63, 3.8) is 0 Å². The fourth-order valence-electron chi connectivity index (χ4n) is 5.32. The number of fused-ring (bicyclic) bond motifs is 1. The van der Waals surface area contributed by atoms with E-state index in [0.717, 1.165) is 24.1 Å². The topological polar surface area (TPSA) is 139 Å². The van der Waals surface area contributed by atoms with E-state index in [9.17, 15) is 27.9 Å². The van der Waals surface area contributed by atoms with E-state index in [4.69, 9.17) is 13.9 Å². The SMILES string of the molecule is CCC[C@H]1COc2ccc(-c3cccc(C(F)(F)F)c3)nc2N1C(=O)Nc1cc(CCCNC(=O)OC(C)(C)O)cc(-c2cnco2)c1. The van der Waals surface area contributed by atoms with E-state index in [1.807, 2.05) is 13.0 Å². The average Bonchev–Trinajstić information content (AvgIpc) is 3.57. The lowest BCUT2D eigenvalue weighted by molar-refractivity contribution is -0.137. The summed E-state index contributed by atoms with van der Waals surface area (Å²) in [6, 6.07) is 12.6. The number of halogens is 3. The van der Waals surface area contributed by atoms with Gasteiger partial charge in [0.05, 0.1) is 23.5 Å². The highest BCUT2D eigenvalue weighted by Gasteiger charge is 2.35. The molecule has 14 heteroatoms. The largest absolute Gasteiger partial charge is 0.488 e. The zero-order chi connectivity index (χ0) is 34.5. The van der Waals surface area contributed by atoms with Gasteiger partial charge in [-0.1, -0.05) is 25.5 Å². The summed E-state index contributed by atoms with van der Waals surface area (Å²) in [5, 5.41) is 15.2. The van der Waals surface area contributed by atoms with Gasteiger partial charge in [-0.05, 0) is 67.3 Å². The second kappa shape index (κ2) is 14.3. The highest BCUT2D eigenvalue weighted by Crippen LogP contribution is 2.38. The minimum Gasteiger partial charge on any atom is -0.488 e. The second-order valence-electron chi connectivity index (χ2n) is 11.8. The molecule has 2 aromatic heterocycles. The van der Waals surface area contributed by atoms with Gasteiger partial charge >= 0.3 is 18.3 Å². The van der Waals surface area contributed by atoms with Crippen LogP contribution in [0.15, 0.2) is 71.6 Å². The van der Waals surface area contributed by atoms with Crippen molar-refractivity contribution in [3.8, 4) is 28.3 Å². The molecule has 0 saturated carbocycles. The number of anilines is 2. The number of nitrogens with one attached hydrogen (secondary N) is 2. The first kappa shape index (κ1) is 34.2. The number of hydrogen-bond donors (Lipinski definition) is 3. The van der Waals surface area contributed by atoms with Gasteiger partial charge in [0.2, 0.25) is 5.79 Å². The minimum absolute atomic E-state index is 0.197. The van der Waals surface area contributed by atoms with Crippen LogP contribution in [0.3, 0.4) is 0 Å². The van der Waals surface area contributed by atoms with E-state index in [1.165, 1.54) is 37.3 Å². The van der Waals surface area contributed by atoms with Crippen LogP contribution < -0.4 is 20.3 Å². The molecule has 3 heterocycles. The number of hydrogen-bond acceptors (Lipinski definition) is 8. The van der Waals surface area contributed by atoms with Crippen LogP contribution in [0.1, 0.15) is 51.2 Å². The van der Waals surface area contributed by atoms with Crippen molar-refractivity contribution in [1.29, 1.82) is 0 Å². The van der Waals surface area contributed by atoms with Gasteiger partial charge < -0.3 is 29.6 Å². The monoisotopic (exact) mass is 667 g/mol. The number of rotatable bonds is 10. The maximum absolute atomic E-state index is 14.1. The molecule has 1 atom stereocenters. The first-order valence-electron chi connectivity index (χ1n) is 15.4. The lowest BCUT2D eigenvalue weighted by Gasteiger charge is -2.36. The third-order valence-electron chi connectivity index (χ3n) is 7.41. The molecule has 0 spiro atoms. The van der Waals surface area contributed by atoms with Crippen LogP contribution in [0, 0.1) is 0 Å². The third-order valence-corrected chi connectivity index (χ3v) is 7.41.